The Balaban J connectivity index is 2.16. The SMILES string of the molecule is CC(F)(F)C(=O)OCC(=O)OCC1CCC(CO)CC1. The fourth-order valence-electron chi connectivity index (χ4n) is 2.08. The number of carbonyl (C=O) groups excluding carboxylic acids is 2. The second-order valence-electron chi connectivity index (χ2n) is 5.22. The van der Waals surface area contributed by atoms with Gasteiger partial charge in [0.05, 0.1) is 6.61 Å². The lowest BCUT2D eigenvalue weighted by Gasteiger charge is -2.26. The number of hydrogen-bond donors (Lipinski definition) is 1. The molecule has 1 rings (SSSR count). The van der Waals surface area contributed by atoms with Gasteiger partial charge in [-0.25, -0.2) is 9.59 Å². The van der Waals surface area contributed by atoms with Gasteiger partial charge in [0.1, 0.15) is 0 Å². The van der Waals surface area contributed by atoms with Gasteiger partial charge >= 0.3 is 17.9 Å². The molecule has 1 N–H and O–H groups in total. The van der Waals surface area contributed by atoms with Gasteiger partial charge < -0.3 is 14.6 Å². The van der Waals surface area contributed by atoms with E-state index in [2.05, 4.69) is 4.74 Å². The summed E-state index contributed by atoms with van der Waals surface area (Å²) in [4.78, 5) is 22.0. The predicted octanol–water partition coefficient (Wildman–Crippen LogP) is 1.53. The molecule has 0 saturated heterocycles. The fourth-order valence-corrected chi connectivity index (χ4v) is 2.08. The van der Waals surface area contributed by atoms with Crippen molar-refractivity contribution in [3.63, 3.8) is 0 Å². The normalized spacial score (nSPS) is 23.2. The highest BCUT2D eigenvalue weighted by Gasteiger charge is 2.34. The molecule has 1 aliphatic rings. The number of ether oxygens (including phenoxy) is 2. The molecule has 7 heteroatoms. The van der Waals surface area contributed by atoms with Gasteiger partial charge in [0, 0.05) is 13.5 Å². The Morgan fingerprint density at radius 1 is 1.15 bits per heavy atom. The standard InChI is InChI=1S/C13H20F2O5/c1-13(14,15)12(18)20-8-11(17)19-7-10-4-2-9(6-16)3-5-10/h9-10,16H,2-8H2,1H3. The minimum absolute atomic E-state index is 0.174. The highest BCUT2D eigenvalue weighted by Crippen LogP contribution is 2.28. The molecule has 0 aliphatic heterocycles. The Hall–Kier alpha value is -1.24. The first-order chi connectivity index (χ1) is 9.32. The van der Waals surface area contributed by atoms with E-state index in [0.29, 0.717) is 12.8 Å². The molecule has 0 aromatic carbocycles. The van der Waals surface area contributed by atoms with Crippen molar-refractivity contribution in [1.29, 1.82) is 0 Å². The Bertz CT molecular complexity index is 332. The van der Waals surface area contributed by atoms with Crippen LogP contribution >= 0.6 is 0 Å². The largest absolute Gasteiger partial charge is 0.463 e. The van der Waals surface area contributed by atoms with Gasteiger partial charge in [-0.3, -0.25) is 0 Å². The molecule has 0 unspecified atom stereocenters. The highest BCUT2D eigenvalue weighted by molar-refractivity contribution is 5.80. The molecule has 0 aromatic rings. The highest BCUT2D eigenvalue weighted by atomic mass is 19.3. The summed E-state index contributed by atoms with van der Waals surface area (Å²) in [6, 6.07) is 0. The monoisotopic (exact) mass is 294 g/mol. The van der Waals surface area contributed by atoms with Crippen LogP contribution < -0.4 is 0 Å². The van der Waals surface area contributed by atoms with Crippen molar-refractivity contribution in [3.8, 4) is 0 Å². The van der Waals surface area contributed by atoms with E-state index in [1.54, 1.807) is 0 Å². The topological polar surface area (TPSA) is 72.8 Å². The van der Waals surface area contributed by atoms with Crippen LogP contribution in [0.2, 0.25) is 0 Å². The summed E-state index contributed by atoms with van der Waals surface area (Å²) in [6.45, 7) is -0.0285. The van der Waals surface area contributed by atoms with Crippen LogP contribution in [0.15, 0.2) is 0 Å². The lowest BCUT2D eigenvalue weighted by Crippen LogP contribution is -2.30. The Kier molecular flexibility index (Phi) is 6.32. The van der Waals surface area contributed by atoms with Crippen molar-refractivity contribution in [2.45, 2.75) is 38.5 Å². The van der Waals surface area contributed by atoms with Crippen molar-refractivity contribution < 1.29 is 33.0 Å². The van der Waals surface area contributed by atoms with E-state index >= 15 is 0 Å². The molecular formula is C13H20F2O5. The summed E-state index contributed by atoms with van der Waals surface area (Å²) in [5, 5.41) is 8.99. The van der Waals surface area contributed by atoms with Gasteiger partial charge in [-0.2, -0.15) is 8.78 Å². The quantitative estimate of drug-likeness (QED) is 0.752. The number of rotatable bonds is 6. The molecule has 20 heavy (non-hydrogen) atoms. The third-order valence-corrected chi connectivity index (χ3v) is 3.38. The van der Waals surface area contributed by atoms with Crippen LogP contribution in [0.5, 0.6) is 0 Å². The summed E-state index contributed by atoms with van der Waals surface area (Å²) in [7, 11) is 0. The summed E-state index contributed by atoms with van der Waals surface area (Å²) < 4.78 is 34.0. The van der Waals surface area contributed by atoms with Gasteiger partial charge in [0.2, 0.25) is 0 Å². The van der Waals surface area contributed by atoms with Gasteiger partial charge in [0.25, 0.3) is 0 Å². The summed E-state index contributed by atoms with van der Waals surface area (Å²) in [5.41, 5.74) is 0. The average molecular weight is 294 g/mol. The first-order valence-corrected chi connectivity index (χ1v) is 6.64. The number of halogens is 2. The molecule has 1 fully saturated rings. The Morgan fingerprint density at radius 3 is 2.20 bits per heavy atom. The molecule has 0 heterocycles. The third-order valence-electron chi connectivity index (χ3n) is 3.38. The van der Waals surface area contributed by atoms with E-state index in [9.17, 15) is 18.4 Å². The summed E-state index contributed by atoms with van der Waals surface area (Å²) >= 11 is 0. The second kappa shape index (κ2) is 7.52. The lowest BCUT2D eigenvalue weighted by molar-refractivity contribution is -0.175. The summed E-state index contributed by atoms with van der Waals surface area (Å²) in [6.07, 6.45) is 3.47. The average Bonchev–Trinajstić information content (AvgIpc) is 2.41. The molecule has 0 atom stereocenters. The third kappa shape index (κ3) is 5.81. The van der Waals surface area contributed by atoms with E-state index in [0.717, 1.165) is 25.7 Å². The maximum absolute atomic E-state index is 12.5. The first kappa shape index (κ1) is 16.8. The molecule has 0 amide bonds. The molecule has 5 nitrogen and oxygen atoms in total. The number of alkyl halides is 2. The minimum Gasteiger partial charge on any atom is -0.463 e. The van der Waals surface area contributed by atoms with Crippen LogP contribution in [0.1, 0.15) is 32.6 Å². The van der Waals surface area contributed by atoms with E-state index < -0.39 is 24.5 Å². The molecular weight excluding hydrogens is 274 g/mol. The van der Waals surface area contributed by atoms with Gasteiger partial charge in [-0.1, -0.05) is 0 Å². The van der Waals surface area contributed by atoms with Gasteiger partial charge in [0.15, 0.2) is 6.61 Å². The maximum atomic E-state index is 12.5. The van der Waals surface area contributed by atoms with E-state index in [1.807, 2.05) is 0 Å². The summed E-state index contributed by atoms with van der Waals surface area (Å²) in [5.74, 6) is -5.65. The predicted molar refractivity (Wildman–Crippen MR) is 65.1 cm³/mol. The Labute approximate surface area is 116 Å². The van der Waals surface area contributed by atoms with Crippen LogP contribution in [0, 0.1) is 11.8 Å². The van der Waals surface area contributed by atoms with Crippen LogP contribution in [0.25, 0.3) is 0 Å². The van der Waals surface area contributed by atoms with Crippen molar-refractivity contribution >= 4 is 11.9 Å². The molecule has 0 spiro atoms. The number of aliphatic hydroxyl groups is 1. The van der Waals surface area contributed by atoms with Gasteiger partial charge in [-0.15, -0.1) is 0 Å². The van der Waals surface area contributed by atoms with E-state index in [4.69, 9.17) is 9.84 Å². The zero-order valence-electron chi connectivity index (χ0n) is 11.4. The molecule has 1 saturated carbocycles. The lowest BCUT2D eigenvalue weighted by atomic mass is 9.83. The first-order valence-electron chi connectivity index (χ1n) is 6.64. The van der Waals surface area contributed by atoms with Crippen LogP contribution in [-0.4, -0.2) is 42.8 Å². The smallest absolute Gasteiger partial charge is 0.377 e. The zero-order valence-corrected chi connectivity index (χ0v) is 11.4. The minimum atomic E-state index is -3.61. The number of hydrogen-bond acceptors (Lipinski definition) is 5. The number of esters is 2. The number of carbonyl (C=O) groups is 2. The van der Waals surface area contributed by atoms with E-state index in [1.165, 1.54) is 0 Å². The molecule has 116 valence electrons. The molecule has 0 bridgehead atoms. The van der Waals surface area contributed by atoms with E-state index in [-0.39, 0.29) is 19.1 Å². The number of aliphatic hydroxyl groups excluding tert-OH is 1. The molecule has 0 radical (unpaired) electrons. The molecule has 1 aliphatic carbocycles. The van der Waals surface area contributed by atoms with Crippen molar-refractivity contribution in [3.05, 3.63) is 0 Å². The second-order valence-corrected chi connectivity index (χ2v) is 5.22. The van der Waals surface area contributed by atoms with Crippen molar-refractivity contribution in [1.82, 2.24) is 0 Å². The maximum Gasteiger partial charge on any atom is 0.377 e. The zero-order chi connectivity index (χ0) is 15.2. The molecule has 0 aromatic heterocycles. The van der Waals surface area contributed by atoms with Gasteiger partial charge in [-0.05, 0) is 37.5 Å². The van der Waals surface area contributed by atoms with Crippen LogP contribution in [-0.2, 0) is 19.1 Å². The fraction of sp³-hybridized carbons (Fsp3) is 0.846. The van der Waals surface area contributed by atoms with Crippen molar-refractivity contribution in [2.24, 2.45) is 11.8 Å². The van der Waals surface area contributed by atoms with Crippen LogP contribution in [0.4, 0.5) is 8.78 Å². The van der Waals surface area contributed by atoms with Crippen molar-refractivity contribution in [2.75, 3.05) is 19.8 Å². The Morgan fingerprint density at radius 2 is 1.70 bits per heavy atom. The van der Waals surface area contributed by atoms with Crippen LogP contribution in [0.3, 0.4) is 0 Å².